The van der Waals surface area contributed by atoms with Crippen molar-refractivity contribution in [2.45, 2.75) is 59.0 Å². The number of carbonyl (C=O) groups excluding carboxylic acids is 2. The number of aryl methyl sites for hydroxylation is 1. The van der Waals surface area contributed by atoms with Crippen LogP contribution >= 0.6 is 15.9 Å². The van der Waals surface area contributed by atoms with Crippen LogP contribution in [0.2, 0.25) is 0 Å². The fraction of sp³-hybridized carbons (Fsp3) is 0.440. The summed E-state index contributed by atoms with van der Waals surface area (Å²) in [5.74, 6) is 0.286. The smallest absolute Gasteiger partial charge is 0.261 e. The van der Waals surface area contributed by atoms with Crippen molar-refractivity contribution >= 4 is 27.7 Å². The van der Waals surface area contributed by atoms with Gasteiger partial charge >= 0.3 is 0 Å². The molecular formula is C25H33BrN2O3. The summed E-state index contributed by atoms with van der Waals surface area (Å²) < 4.78 is 6.64. The second kappa shape index (κ2) is 12.5. The quantitative estimate of drug-likeness (QED) is 0.495. The molecule has 0 saturated heterocycles. The van der Waals surface area contributed by atoms with Crippen LogP contribution < -0.4 is 10.1 Å². The Morgan fingerprint density at radius 1 is 1.06 bits per heavy atom. The topological polar surface area (TPSA) is 58.6 Å². The number of nitrogens with one attached hydrogen (secondary N) is 1. The zero-order valence-corrected chi connectivity index (χ0v) is 20.4. The number of hydrogen-bond acceptors (Lipinski definition) is 3. The summed E-state index contributed by atoms with van der Waals surface area (Å²) in [6, 6.07) is 15.3. The maximum Gasteiger partial charge on any atom is 0.261 e. The van der Waals surface area contributed by atoms with E-state index in [1.54, 1.807) is 4.90 Å². The number of benzene rings is 2. The number of nitrogens with zero attached hydrogens (tertiary/aromatic N) is 1. The van der Waals surface area contributed by atoms with E-state index in [4.69, 9.17) is 4.74 Å². The van der Waals surface area contributed by atoms with Crippen LogP contribution in [0.25, 0.3) is 0 Å². The van der Waals surface area contributed by atoms with E-state index in [9.17, 15) is 9.59 Å². The average Bonchev–Trinajstić information content (AvgIpc) is 2.75. The van der Waals surface area contributed by atoms with Gasteiger partial charge in [-0.05, 0) is 72.3 Å². The molecule has 6 heteroatoms. The molecule has 2 aromatic carbocycles. The van der Waals surface area contributed by atoms with Gasteiger partial charge in [0.25, 0.3) is 5.91 Å². The van der Waals surface area contributed by atoms with Crippen molar-refractivity contribution < 1.29 is 14.3 Å². The summed E-state index contributed by atoms with van der Waals surface area (Å²) in [5.41, 5.74) is 2.31. The first kappa shape index (κ1) is 24.9. The zero-order chi connectivity index (χ0) is 22.8. The van der Waals surface area contributed by atoms with Crippen LogP contribution in [-0.4, -0.2) is 41.9 Å². The summed E-state index contributed by atoms with van der Waals surface area (Å²) >= 11 is 3.52. The summed E-state index contributed by atoms with van der Waals surface area (Å²) in [5, 5.41) is 2.94. The van der Waals surface area contributed by atoms with Gasteiger partial charge < -0.3 is 15.0 Å². The fourth-order valence-corrected chi connectivity index (χ4v) is 3.92. The Labute approximate surface area is 194 Å². The maximum absolute atomic E-state index is 13.2. The molecule has 5 nitrogen and oxygen atoms in total. The third-order valence-electron chi connectivity index (χ3n) is 5.06. The van der Waals surface area contributed by atoms with Crippen LogP contribution in [0.3, 0.4) is 0 Å². The Balaban J connectivity index is 2.14. The third kappa shape index (κ3) is 7.69. The molecule has 0 aliphatic rings. The molecule has 0 aliphatic carbocycles. The van der Waals surface area contributed by atoms with E-state index < -0.39 is 6.04 Å². The summed E-state index contributed by atoms with van der Waals surface area (Å²) in [4.78, 5) is 27.6. The van der Waals surface area contributed by atoms with Gasteiger partial charge in [0, 0.05) is 12.6 Å². The van der Waals surface area contributed by atoms with E-state index >= 15 is 0 Å². The van der Waals surface area contributed by atoms with Crippen molar-refractivity contribution in [3.05, 3.63) is 64.1 Å². The summed E-state index contributed by atoms with van der Waals surface area (Å²) in [7, 11) is 0. The lowest BCUT2D eigenvalue weighted by Gasteiger charge is -2.31. The van der Waals surface area contributed by atoms with Gasteiger partial charge in [-0.3, -0.25) is 9.59 Å². The number of hydrogen-bond donors (Lipinski definition) is 1. The molecule has 0 saturated carbocycles. The van der Waals surface area contributed by atoms with E-state index in [-0.39, 0.29) is 24.5 Å². The first-order chi connectivity index (χ1) is 14.8. The van der Waals surface area contributed by atoms with Crippen molar-refractivity contribution in [3.8, 4) is 5.75 Å². The monoisotopic (exact) mass is 488 g/mol. The van der Waals surface area contributed by atoms with Gasteiger partial charge in [-0.2, -0.15) is 0 Å². The van der Waals surface area contributed by atoms with Gasteiger partial charge in [0.2, 0.25) is 5.91 Å². The molecule has 0 bridgehead atoms. The van der Waals surface area contributed by atoms with Gasteiger partial charge in [0.15, 0.2) is 6.61 Å². The normalized spacial score (nSPS) is 11.8. The Morgan fingerprint density at radius 2 is 1.77 bits per heavy atom. The van der Waals surface area contributed by atoms with Gasteiger partial charge in [-0.15, -0.1) is 0 Å². The minimum absolute atomic E-state index is 0.0110. The van der Waals surface area contributed by atoms with E-state index in [2.05, 4.69) is 28.2 Å². The molecule has 0 aromatic heterocycles. The highest BCUT2D eigenvalue weighted by Crippen LogP contribution is 2.26. The lowest BCUT2D eigenvalue weighted by molar-refractivity contribution is -0.142. The maximum atomic E-state index is 13.2. The number of halogens is 1. The predicted octanol–water partition coefficient (Wildman–Crippen LogP) is 4.76. The number of amides is 2. The number of carbonyl (C=O) groups is 2. The summed E-state index contributed by atoms with van der Waals surface area (Å²) in [6.45, 7) is 8.18. The second-order valence-electron chi connectivity index (χ2n) is 7.82. The highest BCUT2D eigenvalue weighted by molar-refractivity contribution is 9.10. The minimum Gasteiger partial charge on any atom is -0.483 e. The first-order valence-corrected chi connectivity index (χ1v) is 11.7. The Hall–Kier alpha value is -2.34. The van der Waals surface area contributed by atoms with E-state index in [0.717, 1.165) is 16.5 Å². The van der Waals surface area contributed by atoms with E-state index in [1.807, 2.05) is 69.3 Å². The molecule has 0 heterocycles. The standard InChI is InChI=1S/C25H33BrN2O3/c1-5-19-12-13-23(21(26)16-19)31-17-24(29)28(15-14-20-10-8-7-9-11-20)22(6-2)25(30)27-18(3)4/h7-13,16,18,22H,5-6,14-15,17H2,1-4H3,(H,27,30)/t22-/m0/s1. The largest absolute Gasteiger partial charge is 0.483 e. The molecular weight excluding hydrogens is 456 g/mol. The van der Waals surface area contributed by atoms with Gasteiger partial charge in [0.1, 0.15) is 11.8 Å². The minimum atomic E-state index is -0.534. The molecule has 0 aliphatic heterocycles. The number of rotatable bonds is 11. The van der Waals surface area contributed by atoms with E-state index in [1.165, 1.54) is 5.56 Å². The van der Waals surface area contributed by atoms with Crippen LogP contribution in [-0.2, 0) is 22.4 Å². The lowest BCUT2D eigenvalue weighted by Crippen LogP contribution is -2.52. The van der Waals surface area contributed by atoms with Gasteiger partial charge in [-0.25, -0.2) is 0 Å². The molecule has 1 N–H and O–H groups in total. The Bertz CT molecular complexity index is 855. The number of ether oxygens (including phenoxy) is 1. The molecule has 0 radical (unpaired) electrons. The average molecular weight is 489 g/mol. The van der Waals surface area contributed by atoms with Gasteiger partial charge in [0.05, 0.1) is 4.47 Å². The summed E-state index contributed by atoms with van der Waals surface area (Å²) in [6.07, 6.45) is 2.13. The molecule has 0 spiro atoms. The molecule has 2 rings (SSSR count). The second-order valence-corrected chi connectivity index (χ2v) is 8.67. The van der Waals surface area contributed by atoms with Crippen LogP contribution in [0.5, 0.6) is 5.75 Å². The van der Waals surface area contributed by atoms with Gasteiger partial charge in [-0.1, -0.05) is 50.2 Å². The van der Waals surface area contributed by atoms with Crippen molar-refractivity contribution in [1.29, 1.82) is 0 Å². The molecule has 168 valence electrons. The SMILES string of the molecule is CCc1ccc(OCC(=O)N(CCc2ccccc2)[C@@H](CC)C(=O)NC(C)C)c(Br)c1. The van der Waals surface area contributed by atoms with Crippen molar-refractivity contribution in [2.75, 3.05) is 13.2 Å². The van der Waals surface area contributed by atoms with Crippen molar-refractivity contribution in [2.24, 2.45) is 0 Å². The lowest BCUT2D eigenvalue weighted by atomic mass is 10.1. The fourth-order valence-electron chi connectivity index (χ4n) is 3.38. The molecule has 2 amide bonds. The van der Waals surface area contributed by atoms with Crippen LogP contribution in [0.15, 0.2) is 53.0 Å². The molecule has 2 aromatic rings. The third-order valence-corrected chi connectivity index (χ3v) is 5.68. The van der Waals surface area contributed by atoms with E-state index in [0.29, 0.717) is 25.1 Å². The van der Waals surface area contributed by atoms with Crippen molar-refractivity contribution in [1.82, 2.24) is 10.2 Å². The van der Waals surface area contributed by atoms with Crippen LogP contribution in [0.4, 0.5) is 0 Å². The Morgan fingerprint density at radius 3 is 2.35 bits per heavy atom. The van der Waals surface area contributed by atoms with Crippen molar-refractivity contribution in [3.63, 3.8) is 0 Å². The first-order valence-electron chi connectivity index (χ1n) is 10.9. The highest BCUT2D eigenvalue weighted by atomic mass is 79.9. The Kier molecular flexibility index (Phi) is 10.0. The van der Waals surface area contributed by atoms with Crippen LogP contribution in [0, 0.1) is 0 Å². The highest BCUT2D eigenvalue weighted by Gasteiger charge is 2.29. The van der Waals surface area contributed by atoms with Crippen LogP contribution in [0.1, 0.15) is 45.2 Å². The molecule has 0 unspecified atom stereocenters. The molecule has 1 atom stereocenters. The molecule has 31 heavy (non-hydrogen) atoms. The molecule has 0 fully saturated rings. The zero-order valence-electron chi connectivity index (χ0n) is 18.9. The predicted molar refractivity (Wildman–Crippen MR) is 128 cm³/mol.